The van der Waals surface area contributed by atoms with Gasteiger partial charge >= 0.3 is 0 Å². The van der Waals surface area contributed by atoms with Crippen LogP contribution in [0, 0.1) is 6.92 Å². The quantitative estimate of drug-likeness (QED) is 0.836. The van der Waals surface area contributed by atoms with Crippen molar-refractivity contribution < 1.29 is 9.47 Å². The summed E-state index contributed by atoms with van der Waals surface area (Å²) in [5.74, 6) is 0. The second-order valence-corrected chi connectivity index (χ2v) is 4.56. The minimum atomic E-state index is -0.150. The molecule has 0 saturated carbocycles. The lowest BCUT2D eigenvalue weighted by atomic mass is 10.0. The van der Waals surface area contributed by atoms with Gasteiger partial charge in [0.15, 0.2) is 0 Å². The first-order chi connectivity index (χ1) is 8.26. The number of aryl methyl sites for hydroxylation is 1. The van der Waals surface area contributed by atoms with Crippen molar-refractivity contribution in [3.8, 4) is 0 Å². The highest BCUT2D eigenvalue weighted by molar-refractivity contribution is 5.17. The Morgan fingerprint density at radius 3 is 3.12 bits per heavy atom. The lowest BCUT2D eigenvalue weighted by Crippen LogP contribution is -2.42. The van der Waals surface area contributed by atoms with E-state index in [9.17, 15) is 0 Å². The first kappa shape index (κ1) is 12.5. The summed E-state index contributed by atoms with van der Waals surface area (Å²) in [6.45, 7) is 5.13. The molecule has 0 spiro atoms. The van der Waals surface area contributed by atoms with Gasteiger partial charge in [0.25, 0.3) is 0 Å². The molecule has 0 bridgehead atoms. The monoisotopic (exact) mass is 236 g/mol. The van der Waals surface area contributed by atoms with E-state index in [0.717, 1.165) is 31.8 Å². The maximum absolute atomic E-state index is 5.56. The molecule has 4 nitrogen and oxygen atoms in total. The fourth-order valence-electron chi connectivity index (χ4n) is 2.07. The van der Waals surface area contributed by atoms with Crippen LogP contribution in [0.3, 0.4) is 0 Å². The molecular weight excluding hydrogens is 216 g/mol. The number of methoxy groups -OCH3 is 1. The van der Waals surface area contributed by atoms with Gasteiger partial charge in [-0.2, -0.15) is 0 Å². The van der Waals surface area contributed by atoms with Gasteiger partial charge in [-0.25, -0.2) is 0 Å². The Bertz CT molecular complexity index is 362. The van der Waals surface area contributed by atoms with E-state index in [1.54, 1.807) is 7.11 Å². The van der Waals surface area contributed by atoms with Gasteiger partial charge in [-0.05, 0) is 18.6 Å². The second kappa shape index (κ2) is 5.58. The molecule has 0 aliphatic carbocycles. The van der Waals surface area contributed by atoms with E-state index in [-0.39, 0.29) is 5.60 Å². The van der Waals surface area contributed by atoms with Crippen LogP contribution in [-0.2, 0) is 16.0 Å². The van der Waals surface area contributed by atoms with E-state index in [4.69, 9.17) is 9.47 Å². The molecule has 2 heterocycles. The smallest absolute Gasteiger partial charge is 0.106 e. The van der Waals surface area contributed by atoms with Gasteiger partial charge in [0.1, 0.15) is 5.60 Å². The summed E-state index contributed by atoms with van der Waals surface area (Å²) in [4.78, 5) is 4.36. The van der Waals surface area contributed by atoms with Crippen LogP contribution in [0.15, 0.2) is 18.3 Å². The van der Waals surface area contributed by atoms with Crippen LogP contribution >= 0.6 is 0 Å². The van der Waals surface area contributed by atoms with Crippen LogP contribution in [0.1, 0.15) is 17.7 Å². The summed E-state index contributed by atoms with van der Waals surface area (Å²) in [5, 5.41) is 3.41. The topological polar surface area (TPSA) is 43.4 Å². The molecule has 1 aliphatic rings. The van der Waals surface area contributed by atoms with E-state index in [0.29, 0.717) is 6.61 Å². The first-order valence-electron chi connectivity index (χ1n) is 6.00. The van der Waals surface area contributed by atoms with Gasteiger partial charge in [0, 0.05) is 39.4 Å². The van der Waals surface area contributed by atoms with Crippen LogP contribution in [-0.4, -0.2) is 37.5 Å². The molecule has 1 aromatic rings. The predicted octanol–water partition coefficient (Wildman–Crippen LogP) is 1.29. The zero-order valence-electron chi connectivity index (χ0n) is 10.5. The molecule has 2 rings (SSSR count). The fourth-order valence-corrected chi connectivity index (χ4v) is 2.07. The second-order valence-electron chi connectivity index (χ2n) is 4.56. The molecule has 1 aromatic heterocycles. The van der Waals surface area contributed by atoms with Crippen LogP contribution in [0.5, 0.6) is 0 Å². The van der Waals surface area contributed by atoms with E-state index in [1.165, 1.54) is 5.56 Å². The van der Waals surface area contributed by atoms with Gasteiger partial charge in [-0.1, -0.05) is 6.07 Å². The summed E-state index contributed by atoms with van der Waals surface area (Å²) in [5.41, 5.74) is 2.16. The molecule has 0 aromatic carbocycles. The number of nitrogens with one attached hydrogen (secondary N) is 1. The molecule has 1 aliphatic heterocycles. The fraction of sp³-hybridized carbons (Fsp3) is 0.615. The zero-order valence-corrected chi connectivity index (χ0v) is 10.5. The van der Waals surface area contributed by atoms with Crippen LogP contribution in [0.25, 0.3) is 0 Å². The first-order valence-corrected chi connectivity index (χ1v) is 6.00. The summed E-state index contributed by atoms with van der Waals surface area (Å²) < 4.78 is 11.0. The molecule has 1 N–H and O–H groups in total. The Balaban J connectivity index is 1.85. The summed E-state index contributed by atoms with van der Waals surface area (Å²) in [6.07, 6.45) is 2.78. The number of aromatic nitrogens is 1. The standard InChI is InChI=1S/C13H20N2O2/c1-11-4-3-6-15-12(11)8-14-9-13(16-2)5-7-17-10-13/h3-4,6,14H,5,7-10H2,1-2H3. The Morgan fingerprint density at radius 2 is 2.47 bits per heavy atom. The number of pyridine rings is 1. The predicted molar refractivity (Wildman–Crippen MR) is 65.9 cm³/mol. The average Bonchev–Trinajstić information content (AvgIpc) is 2.81. The van der Waals surface area contributed by atoms with Crippen molar-refractivity contribution in [2.75, 3.05) is 26.9 Å². The molecule has 0 radical (unpaired) electrons. The van der Waals surface area contributed by atoms with Gasteiger partial charge < -0.3 is 14.8 Å². The third-order valence-electron chi connectivity index (χ3n) is 3.36. The lowest BCUT2D eigenvalue weighted by molar-refractivity contribution is -0.0159. The normalized spacial score (nSPS) is 24.1. The van der Waals surface area contributed by atoms with Crippen molar-refractivity contribution in [2.24, 2.45) is 0 Å². The molecule has 1 fully saturated rings. The number of ether oxygens (including phenoxy) is 2. The number of hydrogen-bond acceptors (Lipinski definition) is 4. The van der Waals surface area contributed by atoms with Crippen molar-refractivity contribution in [1.29, 1.82) is 0 Å². The summed E-state index contributed by atoms with van der Waals surface area (Å²) >= 11 is 0. The number of hydrogen-bond donors (Lipinski definition) is 1. The van der Waals surface area contributed by atoms with Crippen molar-refractivity contribution in [3.63, 3.8) is 0 Å². The highest BCUT2D eigenvalue weighted by Gasteiger charge is 2.34. The third kappa shape index (κ3) is 3.03. The molecule has 1 unspecified atom stereocenters. The average molecular weight is 236 g/mol. The van der Waals surface area contributed by atoms with Crippen LogP contribution in [0.4, 0.5) is 0 Å². The van der Waals surface area contributed by atoms with Crippen molar-refractivity contribution in [1.82, 2.24) is 10.3 Å². The largest absolute Gasteiger partial charge is 0.378 e. The molecule has 4 heteroatoms. The minimum Gasteiger partial charge on any atom is -0.378 e. The van der Waals surface area contributed by atoms with Crippen molar-refractivity contribution in [2.45, 2.75) is 25.5 Å². The number of nitrogens with zero attached hydrogens (tertiary/aromatic N) is 1. The van der Waals surface area contributed by atoms with E-state index >= 15 is 0 Å². The van der Waals surface area contributed by atoms with E-state index in [1.807, 2.05) is 12.3 Å². The summed E-state index contributed by atoms with van der Waals surface area (Å²) in [7, 11) is 1.75. The molecular formula is C13H20N2O2. The molecule has 1 saturated heterocycles. The Labute approximate surface area is 102 Å². The minimum absolute atomic E-state index is 0.150. The lowest BCUT2D eigenvalue weighted by Gasteiger charge is -2.26. The van der Waals surface area contributed by atoms with E-state index < -0.39 is 0 Å². The zero-order chi connectivity index (χ0) is 12.1. The third-order valence-corrected chi connectivity index (χ3v) is 3.36. The molecule has 17 heavy (non-hydrogen) atoms. The van der Waals surface area contributed by atoms with Gasteiger partial charge in [0.2, 0.25) is 0 Å². The highest BCUT2D eigenvalue weighted by atomic mass is 16.5. The SMILES string of the molecule is COC1(CNCc2ncccc2C)CCOC1. The van der Waals surface area contributed by atoms with Crippen molar-refractivity contribution in [3.05, 3.63) is 29.6 Å². The van der Waals surface area contributed by atoms with E-state index in [2.05, 4.69) is 23.3 Å². The summed E-state index contributed by atoms with van der Waals surface area (Å²) in [6, 6.07) is 4.04. The molecule has 0 amide bonds. The maximum atomic E-state index is 5.56. The van der Waals surface area contributed by atoms with Crippen molar-refractivity contribution >= 4 is 0 Å². The number of rotatable bonds is 5. The highest BCUT2D eigenvalue weighted by Crippen LogP contribution is 2.21. The maximum Gasteiger partial charge on any atom is 0.106 e. The molecule has 94 valence electrons. The Hall–Kier alpha value is -0.970. The van der Waals surface area contributed by atoms with Gasteiger partial charge in [0.05, 0.1) is 12.3 Å². The Kier molecular flexibility index (Phi) is 4.10. The van der Waals surface area contributed by atoms with Gasteiger partial charge in [-0.3, -0.25) is 4.98 Å². The molecule has 1 atom stereocenters. The van der Waals surface area contributed by atoms with Crippen LogP contribution < -0.4 is 5.32 Å². The Morgan fingerprint density at radius 1 is 1.59 bits per heavy atom. The van der Waals surface area contributed by atoms with Crippen LogP contribution in [0.2, 0.25) is 0 Å². The van der Waals surface area contributed by atoms with Gasteiger partial charge in [-0.15, -0.1) is 0 Å².